The topological polar surface area (TPSA) is 40.5 Å². The van der Waals surface area contributed by atoms with Gasteiger partial charge in [0, 0.05) is 35.9 Å². The number of halogens is 1. The van der Waals surface area contributed by atoms with Gasteiger partial charge in [-0.05, 0) is 24.6 Å². The van der Waals surface area contributed by atoms with E-state index < -0.39 is 5.97 Å². The van der Waals surface area contributed by atoms with E-state index in [9.17, 15) is 4.79 Å². The number of rotatable bonds is 5. The molecule has 0 unspecified atom stereocenters. The Bertz CT molecular complexity index is 429. The van der Waals surface area contributed by atoms with Gasteiger partial charge in [0.15, 0.2) is 0 Å². The Morgan fingerprint density at radius 2 is 2.24 bits per heavy atom. The van der Waals surface area contributed by atoms with Crippen molar-refractivity contribution >= 4 is 29.3 Å². The Labute approximate surface area is 106 Å². The molecule has 0 aromatic heterocycles. The van der Waals surface area contributed by atoms with Crippen molar-refractivity contribution in [3.63, 3.8) is 0 Å². The van der Waals surface area contributed by atoms with E-state index in [1.807, 2.05) is 19.2 Å². The van der Waals surface area contributed by atoms with E-state index in [-0.39, 0.29) is 0 Å². The molecule has 0 fully saturated rings. The van der Waals surface area contributed by atoms with Crippen molar-refractivity contribution in [1.82, 2.24) is 0 Å². The molecule has 17 heavy (non-hydrogen) atoms. The number of benzene rings is 1. The number of carboxylic acid groups (broad SMARTS) is 1. The molecule has 1 aromatic rings. The largest absolute Gasteiger partial charge is 0.478 e. The second kappa shape index (κ2) is 6.30. The van der Waals surface area contributed by atoms with Crippen LogP contribution in [0, 0.1) is 0 Å². The van der Waals surface area contributed by atoms with Gasteiger partial charge in [-0.3, -0.25) is 0 Å². The summed E-state index contributed by atoms with van der Waals surface area (Å²) in [7, 11) is 1.97. The summed E-state index contributed by atoms with van der Waals surface area (Å²) in [5, 5.41) is 9.21. The predicted molar refractivity (Wildman–Crippen MR) is 71.7 cm³/mol. The van der Waals surface area contributed by atoms with Crippen LogP contribution in [0.3, 0.4) is 0 Å². The van der Waals surface area contributed by atoms with Gasteiger partial charge in [-0.2, -0.15) is 0 Å². The molecule has 1 N–H and O–H groups in total. The standard InChI is InChI=1S/C13H16ClNO2/c1-3-9-15(2)12-6-4-5-11(14)10(12)7-8-13(16)17/h4-8H,3,9H2,1-2H3,(H,16,17)/b8-7+. The van der Waals surface area contributed by atoms with Crippen molar-refractivity contribution in [2.24, 2.45) is 0 Å². The molecule has 1 aromatic carbocycles. The lowest BCUT2D eigenvalue weighted by atomic mass is 10.1. The summed E-state index contributed by atoms with van der Waals surface area (Å²) in [4.78, 5) is 12.6. The van der Waals surface area contributed by atoms with Gasteiger partial charge in [-0.25, -0.2) is 4.79 Å². The maximum Gasteiger partial charge on any atom is 0.328 e. The Morgan fingerprint density at radius 1 is 1.53 bits per heavy atom. The van der Waals surface area contributed by atoms with Crippen LogP contribution >= 0.6 is 11.6 Å². The third-order valence-electron chi connectivity index (χ3n) is 2.39. The fraction of sp³-hybridized carbons (Fsp3) is 0.308. The highest BCUT2D eigenvalue weighted by Crippen LogP contribution is 2.28. The molecule has 0 heterocycles. The van der Waals surface area contributed by atoms with Gasteiger partial charge in [0.2, 0.25) is 0 Å². The lowest BCUT2D eigenvalue weighted by molar-refractivity contribution is -0.131. The number of aliphatic carboxylic acids is 1. The zero-order valence-electron chi connectivity index (χ0n) is 9.98. The molecule has 0 saturated carbocycles. The van der Waals surface area contributed by atoms with Gasteiger partial charge >= 0.3 is 5.97 Å². The van der Waals surface area contributed by atoms with E-state index in [0.717, 1.165) is 30.3 Å². The molecule has 3 nitrogen and oxygen atoms in total. The number of carboxylic acids is 1. The van der Waals surface area contributed by atoms with Gasteiger partial charge in [0.05, 0.1) is 0 Å². The Balaban J connectivity index is 3.12. The van der Waals surface area contributed by atoms with Crippen LogP contribution in [0.15, 0.2) is 24.3 Å². The lowest BCUT2D eigenvalue weighted by Gasteiger charge is -2.21. The van der Waals surface area contributed by atoms with Crippen LogP contribution < -0.4 is 4.90 Å². The van der Waals surface area contributed by atoms with Crippen LogP contribution in [0.4, 0.5) is 5.69 Å². The Kier molecular flexibility index (Phi) is 5.04. The van der Waals surface area contributed by atoms with Crippen LogP contribution in [-0.2, 0) is 4.79 Å². The predicted octanol–water partition coefficient (Wildman–Crippen LogP) is 3.28. The first-order valence-corrected chi connectivity index (χ1v) is 5.84. The molecule has 0 saturated heterocycles. The van der Waals surface area contributed by atoms with Crippen LogP contribution in [-0.4, -0.2) is 24.7 Å². The molecular weight excluding hydrogens is 238 g/mol. The second-order valence-electron chi connectivity index (χ2n) is 3.77. The van der Waals surface area contributed by atoms with Crippen molar-refractivity contribution in [2.45, 2.75) is 13.3 Å². The fourth-order valence-electron chi connectivity index (χ4n) is 1.63. The molecule has 0 spiro atoms. The zero-order chi connectivity index (χ0) is 12.8. The summed E-state index contributed by atoms with van der Waals surface area (Å²) in [5.74, 6) is -0.978. The van der Waals surface area contributed by atoms with Gasteiger partial charge in [0.1, 0.15) is 0 Å². The quantitative estimate of drug-likeness (QED) is 0.819. The highest BCUT2D eigenvalue weighted by Gasteiger charge is 2.08. The Morgan fingerprint density at radius 3 is 2.82 bits per heavy atom. The van der Waals surface area contributed by atoms with Crippen molar-refractivity contribution in [1.29, 1.82) is 0 Å². The summed E-state index contributed by atoms with van der Waals surface area (Å²) < 4.78 is 0. The molecule has 0 aliphatic carbocycles. The molecule has 0 amide bonds. The average Bonchev–Trinajstić information content (AvgIpc) is 2.27. The first-order chi connectivity index (χ1) is 8.06. The number of hydrogen-bond donors (Lipinski definition) is 1. The highest BCUT2D eigenvalue weighted by molar-refractivity contribution is 6.32. The maximum absolute atomic E-state index is 10.5. The molecular formula is C13H16ClNO2. The molecule has 0 aliphatic heterocycles. The highest BCUT2D eigenvalue weighted by atomic mass is 35.5. The minimum atomic E-state index is -0.978. The van der Waals surface area contributed by atoms with Crippen molar-refractivity contribution < 1.29 is 9.90 Å². The average molecular weight is 254 g/mol. The smallest absolute Gasteiger partial charge is 0.328 e. The van der Waals surface area contributed by atoms with E-state index in [4.69, 9.17) is 16.7 Å². The number of nitrogens with zero attached hydrogens (tertiary/aromatic N) is 1. The monoisotopic (exact) mass is 253 g/mol. The lowest BCUT2D eigenvalue weighted by Crippen LogP contribution is -2.18. The van der Waals surface area contributed by atoms with Crippen molar-refractivity contribution in [3.8, 4) is 0 Å². The zero-order valence-corrected chi connectivity index (χ0v) is 10.7. The Hall–Kier alpha value is -1.48. The molecule has 0 atom stereocenters. The van der Waals surface area contributed by atoms with E-state index in [0.29, 0.717) is 5.02 Å². The molecule has 0 radical (unpaired) electrons. The van der Waals surface area contributed by atoms with E-state index in [1.54, 1.807) is 6.07 Å². The van der Waals surface area contributed by atoms with Gasteiger partial charge in [-0.15, -0.1) is 0 Å². The third-order valence-corrected chi connectivity index (χ3v) is 2.72. The minimum Gasteiger partial charge on any atom is -0.478 e. The SMILES string of the molecule is CCCN(C)c1cccc(Cl)c1/C=C/C(=O)O. The first kappa shape index (κ1) is 13.6. The summed E-state index contributed by atoms with van der Waals surface area (Å²) in [6.07, 6.45) is 3.65. The van der Waals surface area contributed by atoms with Crippen LogP contribution in [0.25, 0.3) is 6.08 Å². The maximum atomic E-state index is 10.5. The van der Waals surface area contributed by atoms with Crippen LogP contribution in [0.2, 0.25) is 5.02 Å². The van der Waals surface area contributed by atoms with E-state index in [1.165, 1.54) is 6.08 Å². The summed E-state index contributed by atoms with van der Waals surface area (Å²) >= 11 is 6.09. The van der Waals surface area contributed by atoms with Gasteiger partial charge in [0.25, 0.3) is 0 Å². The van der Waals surface area contributed by atoms with Crippen LogP contribution in [0.1, 0.15) is 18.9 Å². The summed E-state index contributed by atoms with van der Waals surface area (Å²) in [5.41, 5.74) is 1.68. The second-order valence-corrected chi connectivity index (χ2v) is 4.17. The van der Waals surface area contributed by atoms with Crippen molar-refractivity contribution in [3.05, 3.63) is 34.9 Å². The number of anilines is 1. The summed E-state index contributed by atoms with van der Waals surface area (Å²) in [6, 6.07) is 5.55. The third kappa shape index (κ3) is 3.79. The van der Waals surface area contributed by atoms with Gasteiger partial charge in [-0.1, -0.05) is 24.6 Å². The number of hydrogen-bond acceptors (Lipinski definition) is 2. The molecule has 92 valence electrons. The van der Waals surface area contributed by atoms with E-state index >= 15 is 0 Å². The van der Waals surface area contributed by atoms with Crippen molar-refractivity contribution in [2.75, 3.05) is 18.5 Å². The fourth-order valence-corrected chi connectivity index (χ4v) is 1.87. The van der Waals surface area contributed by atoms with Crippen LogP contribution in [0.5, 0.6) is 0 Å². The normalized spacial score (nSPS) is 10.8. The minimum absolute atomic E-state index is 0.558. The molecule has 0 aliphatic rings. The molecule has 0 bridgehead atoms. The molecule has 1 rings (SSSR count). The van der Waals surface area contributed by atoms with E-state index in [2.05, 4.69) is 11.8 Å². The number of carbonyl (C=O) groups is 1. The van der Waals surface area contributed by atoms with Gasteiger partial charge < -0.3 is 10.0 Å². The molecule has 4 heteroatoms. The summed E-state index contributed by atoms with van der Waals surface area (Å²) in [6.45, 7) is 2.99. The first-order valence-electron chi connectivity index (χ1n) is 5.47.